The molecule has 0 nitrogen and oxygen atoms in total. The number of hydrogen-bond acceptors (Lipinski definition) is 0. The normalized spacial score (nSPS) is 25.9. The van der Waals surface area contributed by atoms with Gasteiger partial charge in [-0.2, -0.15) is 0 Å². The van der Waals surface area contributed by atoms with Crippen LogP contribution >= 0.6 is 34.8 Å². The third kappa shape index (κ3) is 2.03. The lowest BCUT2D eigenvalue weighted by atomic mass is 10.1. The highest BCUT2D eigenvalue weighted by Crippen LogP contribution is 2.59. The maximum absolute atomic E-state index is 5.98. The summed E-state index contributed by atoms with van der Waals surface area (Å²) in [7, 11) is 0. The van der Waals surface area contributed by atoms with Crippen molar-refractivity contribution in [1.82, 2.24) is 0 Å². The van der Waals surface area contributed by atoms with E-state index in [2.05, 4.69) is 12.1 Å². The molecule has 2 rings (SSSR count). The standard InChI is InChI=1S/C11H11Cl3/c1-7(12)8-2-4-9(5-3-8)10-6-11(10,13)14/h2-5,7,10H,6H2,1H3. The fourth-order valence-corrected chi connectivity index (χ4v) is 2.27. The lowest BCUT2D eigenvalue weighted by molar-refractivity contribution is 1.06. The zero-order valence-corrected chi connectivity index (χ0v) is 10.1. The first kappa shape index (κ1) is 10.6. The Kier molecular flexibility index (Phi) is 2.72. The summed E-state index contributed by atoms with van der Waals surface area (Å²) in [5.74, 6) is 0.297. The van der Waals surface area contributed by atoms with E-state index in [1.165, 1.54) is 5.56 Å². The summed E-state index contributed by atoms with van der Waals surface area (Å²) in [6.07, 6.45) is 0.853. The fraction of sp³-hybridized carbons (Fsp3) is 0.455. The molecule has 1 aromatic rings. The van der Waals surface area contributed by atoms with Gasteiger partial charge < -0.3 is 0 Å². The van der Waals surface area contributed by atoms with Crippen LogP contribution in [0, 0.1) is 0 Å². The van der Waals surface area contributed by atoms with Gasteiger partial charge in [-0.15, -0.1) is 34.8 Å². The Labute approximate surface area is 99.2 Å². The van der Waals surface area contributed by atoms with E-state index >= 15 is 0 Å². The van der Waals surface area contributed by atoms with Crippen molar-refractivity contribution >= 4 is 34.8 Å². The minimum atomic E-state index is -0.534. The molecule has 0 bridgehead atoms. The molecule has 0 spiro atoms. The maximum Gasteiger partial charge on any atom is 0.125 e. The van der Waals surface area contributed by atoms with Crippen LogP contribution < -0.4 is 0 Å². The Morgan fingerprint density at radius 2 is 1.79 bits per heavy atom. The van der Waals surface area contributed by atoms with E-state index in [1.54, 1.807) is 0 Å². The van der Waals surface area contributed by atoms with Crippen molar-refractivity contribution in [3.63, 3.8) is 0 Å². The van der Waals surface area contributed by atoms with Gasteiger partial charge in [0.25, 0.3) is 0 Å². The van der Waals surface area contributed by atoms with Crippen LogP contribution in [-0.4, -0.2) is 4.33 Å². The highest BCUT2D eigenvalue weighted by Gasteiger charge is 2.52. The van der Waals surface area contributed by atoms with E-state index in [-0.39, 0.29) is 5.38 Å². The van der Waals surface area contributed by atoms with Gasteiger partial charge in [-0.25, -0.2) is 0 Å². The molecule has 1 aliphatic rings. The van der Waals surface area contributed by atoms with Crippen LogP contribution in [0.1, 0.15) is 35.8 Å². The molecule has 0 N–H and O–H groups in total. The molecule has 1 saturated carbocycles. The molecule has 1 aliphatic carbocycles. The molecule has 0 aliphatic heterocycles. The van der Waals surface area contributed by atoms with Gasteiger partial charge in [0.1, 0.15) is 4.33 Å². The Morgan fingerprint density at radius 1 is 1.29 bits per heavy atom. The molecule has 0 radical (unpaired) electrons. The van der Waals surface area contributed by atoms with Crippen LogP contribution in [0.3, 0.4) is 0 Å². The van der Waals surface area contributed by atoms with Gasteiger partial charge in [-0.1, -0.05) is 24.3 Å². The molecule has 76 valence electrons. The highest BCUT2D eigenvalue weighted by molar-refractivity contribution is 6.51. The molecule has 1 fully saturated rings. The summed E-state index contributed by atoms with van der Waals surface area (Å²) in [5, 5.41) is 0.0556. The number of hydrogen-bond donors (Lipinski definition) is 0. The zero-order valence-electron chi connectivity index (χ0n) is 7.81. The van der Waals surface area contributed by atoms with Crippen LogP contribution in [0.25, 0.3) is 0 Å². The van der Waals surface area contributed by atoms with Crippen molar-refractivity contribution in [2.45, 2.75) is 29.0 Å². The molecule has 3 heteroatoms. The van der Waals surface area contributed by atoms with Crippen molar-refractivity contribution in [2.75, 3.05) is 0 Å². The Morgan fingerprint density at radius 3 is 2.14 bits per heavy atom. The molecule has 2 atom stereocenters. The smallest absolute Gasteiger partial charge is 0.118 e. The highest BCUT2D eigenvalue weighted by atomic mass is 35.5. The SMILES string of the molecule is CC(Cl)c1ccc(C2CC2(Cl)Cl)cc1. The van der Waals surface area contributed by atoms with Crippen LogP contribution in [0.4, 0.5) is 0 Å². The molecule has 0 heterocycles. The van der Waals surface area contributed by atoms with Gasteiger partial charge in [0.2, 0.25) is 0 Å². The second-order valence-corrected chi connectivity index (χ2v) is 6.00. The van der Waals surface area contributed by atoms with E-state index in [0.29, 0.717) is 5.92 Å². The lowest BCUT2D eigenvalue weighted by Crippen LogP contribution is -1.91. The van der Waals surface area contributed by atoms with E-state index in [0.717, 1.165) is 12.0 Å². The van der Waals surface area contributed by atoms with Crippen molar-refractivity contribution < 1.29 is 0 Å². The zero-order chi connectivity index (χ0) is 10.3. The average molecular weight is 250 g/mol. The molecular formula is C11H11Cl3. The largest absolute Gasteiger partial charge is 0.125 e. The summed E-state index contributed by atoms with van der Waals surface area (Å²) in [6.45, 7) is 1.96. The Balaban J connectivity index is 2.16. The lowest BCUT2D eigenvalue weighted by Gasteiger charge is -2.05. The minimum absolute atomic E-state index is 0.0556. The van der Waals surface area contributed by atoms with E-state index < -0.39 is 4.33 Å². The van der Waals surface area contributed by atoms with Gasteiger partial charge in [-0.05, 0) is 24.5 Å². The van der Waals surface area contributed by atoms with Crippen LogP contribution in [0.5, 0.6) is 0 Å². The molecule has 0 aromatic heterocycles. The third-order valence-electron chi connectivity index (χ3n) is 2.62. The first-order valence-electron chi connectivity index (χ1n) is 4.62. The summed E-state index contributed by atoms with van der Waals surface area (Å²) < 4.78 is -0.534. The summed E-state index contributed by atoms with van der Waals surface area (Å²) in [4.78, 5) is 0. The summed E-state index contributed by atoms with van der Waals surface area (Å²) in [5.41, 5.74) is 2.34. The topological polar surface area (TPSA) is 0 Å². The molecule has 0 amide bonds. The molecule has 14 heavy (non-hydrogen) atoms. The van der Waals surface area contributed by atoms with E-state index in [4.69, 9.17) is 34.8 Å². The maximum atomic E-state index is 5.98. The Bertz CT molecular complexity index is 327. The predicted octanol–water partition coefficient (Wildman–Crippen LogP) is 4.65. The van der Waals surface area contributed by atoms with Gasteiger partial charge in [-0.3, -0.25) is 0 Å². The number of benzene rings is 1. The van der Waals surface area contributed by atoms with Gasteiger partial charge >= 0.3 is 0 Å². The molecule has 1 aromatic carbocycles. The first-order valence-corrected chi connectivity index (χ1v) is 5.82. The minimum Gasteiger partial charge on any atom is -0.118 e. The first-order chi connectivity index (χ1) is 6.50. The van der Waals surface area contributed by atoms with Crippen molar-refractivity contribution in [1.29, 1.82) is 0 Å². The Hall–Kier alpha value is 0.0900. The van der Waals surface area contributed by atoms with E-state index in [9.17, 15) is 0 Å². The molecular weight excluding hydrogens is 238 g/mol. The van der Waals surface area contributed by atoms with Crippen LogP contribution in [-0.2, 0) is 0 Å². The summed E-state index contributed by atoms with van der Waals surface area (Å²) in [6, 6.07) is 8.20. The van der Waals surface area contributed by atoms with Crippen molar-refractivity contribution in [3.05, 3.63) is 35.4 Å². The predicted molar refractivity (Wildman–Crippen MR) is 62.5 cm³/mol. The average Bonchev–Trinajstić information content (AvgIpc) is 2.75. The van der Waals surface area contributed by atoms with Crippen LogP contribution in [0.2, 0.25) is 0 Å². The monoisotopic (exact) mass is 248 g/mol. The van der Waals surface area contributed by atoms with Crippen LogP contribution in [0.15, 0.2) is 24.3 Å². The second-order valence-electron chi connectivity index (χ2n) is 3.80. The van der Waals surface area contributed by atoms with Gasteiger partial charge in [0.05, 0.1) is 5.38 Å². The number of alkyl halides is 3. The molecule has 0 saturated heterocycles. The molecule has 2 unspecified atom stereocenters. The third-order valence-corrected chi connectivity index (χ3v) is 3.71. The van der Waals surface area contributed by atoms with Gasteiger partial charge in [0.15, 0.2) is 0 Å². The number of halogens is 3. The number of rotatable bonds is 2. The fourth-order valence-electron chi connectivity index (χ4n) is 1.57. The quantitative estimate of drug-likeness (QED) is 0.670. The van der Waals surface area contributed by atoms with E-state index in [1.807, 2.05) is 19.1 Å². The second kappa shape index (κ2) is 3.59. The van der Waals surface area contributed by atoms with Gasteiger partial charge in [0, 0.05) is 5.92 Å². The van der Waals surface area contributed by atoms with Crippen molar-refractivity contribution in [2.24, 2.45) is 0 Å². The van der Waals surface area contributed by atoms with Crippen molar-refractivity contribution in [3.8, 4) is 0 Å². The summed E-state index contributed by atoms with van der Waals surface area (Å²) >= 11 is 17.9.